The number of imide groups is 1. The fourth-order valence-corrected chi connectivity index (χ4v) is 2.91. The van der Waals surface area contributed by atoms with Gasteiger partial charge in [0.15, 0.2) is 0 Å². The van der Waals surface area contributed by atoms with Gasteiger partial charge in [0.1, 0.15) is 0 Å². The molecular weight excluding hydrogens is 360 g/mol. The van der Waals surface area contributed by atoms with E-state index in [1.165, 1.54) is 17.3 Å². The molecule has 144 valence electrons. The van der Waals surface area contributed by atoms with Crippen molar-refractivity contribution in [2.45, 2.75) is 12.8 Å². The van der Waals surface area contributed by atoms with Crippen molar-refractivity contribution in [3.63, 3.8) is 0 Å². The van der Waals surface area contributed by atoms with Crippen molar-refractivity contribution < 1.29 is 19.2 Å². The molecule has 0 radical (unpaired) electrons. The van der Waals surface area contributed by atoms with Crippen LogP contribution in [0.1, 0.15) is 43.9 Å². The molecule has 0 fully saturated rings. The van der Waals surface area contributed by atoms with Gasteiger partial charge < -0.3 is 10.6 Å². The van der Waals surface area contributed by atoms with Crippen molar-refractivity contribution in [3.05, 3.63) is 65.5 Å². The Morgan fingerprint density at radius 2 is 1.50 bits per heavy atom. The Morgan fingerprint density at radius 3 is 2.14 bits per heavy atom. The van der Waals surface area contributed by atoms with Crippen molar-refractivity contribution in [2.24, 2.45) is 0 Å². The highest BCUT2D eigenvalue weighted by molar-refractivity contribution is 6.21. The molecule has 0 aliphatic carbocycles. The Hall–Kier alpha value is -3.55. The summed E-state index contributed by atoms with van der Waals surface area (Å²) in [6.45, 7) is 0.784. The molecule has 8 nitrogen and oxygen atoms in total. The smallest absolute Gasteiger partial charge is 0.261 e. The van der Waals surface area contributed by atoms with Gasteiger partial charge in [-0.25, -0.2) is 0 Å². The maximum absolute atomic E-state index is 12.2. The van der Waals surface area contributed by atoms with E-state index in [0.717, 1.165) is 0 Å². The number of benzene rings is 1. The fraction of sp³-hybridized carbons (Fsp3) is 0.250. The van der Waals surface area contributed by atoms with Crippen LogP contribution in [0.4, 0.5) is 0 Å². The third-order valence-electron chi connectivity index (χ3n) is 4.34. The minimum absolute atomic E-state index is 0.186. The van der Waals surface area contributed by atoms with Gasteiger partial charge in [0.2, 0.25) is 5.91 Å². The van der Waals surface area contributed by atoms with Gasteiger partial charge in [-0.05, 0) is 30.7 Å². The number of pyridine rings is 1. The summed E-state index contributed by atoms with van der Waals surface area (Å²) in [5, 5.41) is 5.40. The SMILES string of the molecule is O=C(CCCN1C(=O)c2ccccc2C1=O)NCCNC(=O)c1ccncc1. The first-order valence-electron chi connectivity index (χ1n) is 8.98. The summed E-state index contributed by atoms with van der Waals surface area (Å²) in [7, 11) is 0. The van der Waals surface area contributed by atoms with Crippen molar-refractivity contribution in [2.75, 3.05) is 19.6 Å². The summed E-state index contributed by atoms with van der Waals surface area (Å²) in [6.07, 6.45) is 3.63. The van der Waals surface area contributed by atoms with Gasteiger partial charge in [0.25, 0.3) is 17.7 Å². The van der Waals surface area contributed by atoms with E-state index in [9.17, 15) is 19.2 Å². The Bertz CT molecular complexity index is 863. The van der Waals surface area contributed by atoms with Crippen LogP contribution in [0.3, 0.4) is 0 Å². The molecule has 1 aromatic heterocycles. The highest BCUT2D eigenvalue weighted by atomic mass is 16.2. The number of rotatable bonds is 8. The van der Waals surface area contributed by atoms with E-state index < -0.39 is 0 Å². The lowest BCUT2D eigenvalue weighted by Gasteiger charge is -2.13. The largest absolute Gasteiger partial charge is 0.354 e. The van der Waals surface area contributed by atoms with E-state index in [-0.39, 0.29) is 36.6 Å². The molecule has 0 unspecified atom stereocenters. The molecule has 2 aromatic rings. The van der Waals surface area contributed by atoms with E-state index >= 15 is 0 Å². The molecule has 1 aliphatic heterocycles. The molecule has 28 heavy (non-hydrogen) atoms. The average molecular weight is 380 g/mol. The number of hydrogen-bond donors (Lipinski definition) is 2. The lowest BCUT2D eigenvalue weighted by molar-refractivity contribution is -0.121. The first-order valence-corrected chi connectivity index (χ1v) is 8.98. The fourth-order valence-electron chi connectivity index (χ4n) is 2.91. The number of aromatic nitrogens is 1. The summed E-state index contributed by atoms with van der Waals surface area (Å²) in [4.78, 5) is 53.2. The van der Waals surface area contributed by atoms with Crippen molar-refractivity contribution >= 4 is 23.6 Å². The van der Waals surface area contributed by atoms with Crippen LogP contribution in [0.25, 0.3) is 0 Å². The zero-order valence-corrected chi connectivity index (χ0v) is 15.2. The number of nitrogens with zero attached hydrogens (tertiary/aromatic N) is 2. The van der Waals surface area contributed by atoms with Gasteiger partial charge in [0.05, 0.1) is 11.1 Å². The van der Waals surface area contributed by atoms with Crippen LogP contribution in [-0.2, 0) is 4.79 Å². The van der Waals surface area contributed by atoms with Crippen LogP contribution < -0.4 is 10.6 Å². The second-order valence-corrected chi connectivity index (χ2v) is 6.25. The average Bonchev–Trinajstić information content (AvgIpc) is 2.97. The topological polar surface area (TPSA) is 108 Å². The lowest BCUT2D eigenvalue weighted by atomic mass is 10.1. The Balaban J connectivity index is 1.34. The van der Waals surface area contributed by atoms with Gasteiger partial charge in [-0.15, -0.1) is 0 Å². The number of fused-ring (bicyclic) bond motifs is 1. The maximum Gasteiger partial charge on any atom is 0.261 e. The number of carbonyl (C=O) groups excluding carboxylic acids is 4. The predicted octanol–water partition coefficient (Wildman–Crippen LogP) is 1.00. The van der Waals surface area contributed by atoms with Crippen LogP contribution in [0.15, 0.2) is 48.8 Å². The third-order valence-corrected chi connectivity index (χ3v) is 4.34. The van der Waals surface area contributed by atoms with Crippen LogP contribution in [0, 0.1) is 0 Å². The standard InChI is InChI=1S/C20H20N4O4/c25-17(22-11-12-23-18(26)14-7-9-21-10-8-14)6-3-13-24-19(27)15-4-1-2-5-16(15)20(24)28/h1-2,4-5,7-10H,3,6,11-13H2,(H,22,25)(H,23,26). The Labute approximate surface area is 161 Å². The highest BCUT2D eigenvalue weighted by Gasteiger charge is 2.34. The number of carbonyl (C=O) groups is 4. The molecule has 3 rings (SSSR count). The molecule has 1 aromatic carbocycles. The number of hydrogen-bond acceptors (Lipinski definition) is 5. The van der Waals surface area contributed by atoms with Gasteiger partial charge in [0, 0.05) is 44.0 Å². The number of amides is 4. The van der Waals surface area contributed by atoms with Crippen LogP contribution in [0.2, 0.25) is 0 Å². The molecule has 4 amide bonds. The quantitative estimate of drug-likeness (QED) is 0.525. The van der Waals surface area contributed by atoms with Gasteiger partial charge in [-0.1, -0.05) is 12.1 Å². The lowest BCUT2D eigenvalue weighted by Crippen LogP contribution is -2.35. The van der Waals surface area contributed by atoms with Crippen molar-refractivity contribution in [1.82, 2.24) is 20.5 Å². The van der Waals surface area contributed by atoms with Crippen LogP contribution in [-0.4, -0.2) is 53.1 Å². The minimum Gasteiger partial charge on any atom is -0.354 e. The molecule has 2 N–H and O–H groups in total. The van der Waals surface area contributed by atoms with E-state index in [1.54, 1.807) is 36.4 Å². The molecular formula is C20H20N4O4. The van der Waals surface area contributed by atoms with Crippen LogP contribution in [0.5, 0.6) is 0 Å². The van der Waals surface area contributed by atoms with Crippen molar-refractivity contribution in [3.8, 4) is 0 Å². The summed E-state index contributed by atoms with van der Waals surface area (Å²) in [6, 6.07) is 9.90. The maximum atomic E-state index is 12.2. The molecule has 0 atom stereocenters. The Morgan fingerprint density at radius 1 is 0.893 bits per heavy atom. The monoisotopic (exact) mass is 380 g/mol. The highest BCUT2D eigenvalue weighted by Crippen LogP contribution is 2.22. The second kappa shape index (κ2) is 8.90. The molecule has 0 saturated carbocycles. The molecule has 0 bridgehead atoms. The molecule has 2 heterocycles. The normalized spacial score (nSPS) is 12.6. The predicted molar refractivity (Wildman–Crippen MR) is 101 cm³/mol. The van der Waals surface area contributed by atoms with Crippen molar-refractivity contribution in [1.29, 1.82) is 0 Å². The first kappa shape index (κ1) is 19.2. The first-order chi connectivity index (χ1) is 13.6. The molecule has 0 spiro atoms. The third kappa shape index (κ3) is 4.40. The number of nitrogens with one attached hydrogen (secondary N) is 2. The zero-order chi connectivity index (χ0) is 19.9. The molecule has 1 aliphatic rings. The molecule has 8 heteroatoms. The van der Waals surface area contributed by atoms with E-state index in [4.69, 9.17) is 0 Å². The Kier molecular flexibility index (Phi) is 6.11. The molecule has 0 saturated heterocycles. The summed E-state index contributed by atoms with van der Waals surface area (Å²) >= 11 is 0. The van der Waals surface area contributed by atoms with E-state index in [2.05, 4.69) is 15.6 Å². The minimum atomic E-state index is -0.320. The van der Waals surface area contributed by atoms with Crippen LogP contribution >= 0.6 is 0 Å². The summed E-state index contributed by atoms with van der Waals surface area (Å²) in [5.74, 6) is -1.07. The van der Waals surface area contributed by atoms with E-state index in [0.29, 0.717) is 36.2 Å². The summed E-state index contributed by atoms with van der Waals surface area (Å²) < 4.78 is 0. The van der Waals surface area contributed by atoms with Gasteiger partial charge in [-0.2, -0.15) is 0 Å². The summed E-state index contributed by atoms with van der Waals surface area (Å²) in [5.41, 5.74) is 1.31. The second-order valence-electron chi connectivity index (χ2n) is 6.25. The van der Waals surface area contributed by atoms with Gasteiger partial charge >= 0.3 is 0 Å². The van der Waals surface area contributed by atoms with E-state index in [1.807, 2.05) is 0 Å². The zero-order valence-electron chi connectivity index (χ0n) is 15.2. The van der Waals surface area contributed by atoms with Gasteiger partial charge in [-0.3, -0.25) is 29.1 Å².